The molecule has 1 N–H and O–H groups in total. The maximum Gasteiger partial charge on any atom is 0.0346 e. The van der Waals surface area contributed by atoms with Crippen molar-refractivity contribution in [1.29, 1.82) is 0 Å². The van der Waals surface area contributed by atoms with E-state index in [4.69, 9.17) is 0 Å². The molecule has 1 aliphatic heterocycles. The first-order valence-corrected chi connectivity index (χ1v) is 5.52. The van der Waals surface area contributed by atoms with Crippen molar-refractivity contribution in [2.45, 2.75) is 12.5 Å². The molecule has 13 heavy (non-hydrogen) atoms. The highest BCUT2D eigenvalue weighted by molar-refractivity contribution is 7.17. The molecule has 0 saturated carbocycles. The maximum atomic E-state index is 3.45. The molecule has 1 fully saturated rings. The van der Waals surface area contributed by atoms with Gasteiger partial charge in [0.05, 0.1) is 0 Å². The van der Waals surface area contributed by atoms with Crippen LogP contribution in [0.5, 0.6) is 0 Å². The van der Waals surface area contributed by atoms with Crippen LogP contribution in [0.25, 0.3) is 10.1 Å². The largest absolute Gasteiger partial charge is 0.310 e. The van der Waals surface area contributed by atoms with Crippen LogP contribution in [0.3, 0.4) is 0 Å². The number of rotatable bonds is 1. The Hall–Kier alpha value is -0.860. The van der Waals surface area contributed by atoms with E-state index in [1.165, 1.54) is 28.6 Å². The second-order valence-corrected chi connectivity index (χ2v) is 4.39. The van der Waals surface area contributed by atoms with Crippen molar-refractivity contribution in [2.24, 2.45) is 0 Å². The van der Waals surface area contributed by atoms with Gasteiger partial charge in [0, 0.05) is 10.7 Å². The molecule has 1 aromatic carbocycles. The van der Waals surface area contributed by atoms with Crippen molar-refractivity contribution in [1.82, 2.24) is 5.32 Å². The second-order valence-electron chi connectivity index (χ2n) is 3.48. The van der Waals surface area contributed by atoms with Crippen LogP contribution >= 0.6 is 11.3 Å². The van der Waals surface area contributed by atoms with Crippen molar-refractivity contribution in [3.05, 3.63) is 35.2 Å². The summed E-state index contributed by atoms with van der Waals surface area (Å²) in [6, 6.07) is 9.27. The fourth-order valence-corrected chi connectivity index (χ4v) is 2.84. The summed E-state index contributed by atoms with van der Waals surface area (Å²) in [5.74, 6) is 0. The number of fused-ring (bicyclic) bond motifs is 1. The standard InChI is InChI=1S/C11H11NS/c1-2-4-11-8(3-1)9(7-13-11)10-5-6-12-10/h1-4,7,10,12H,5-6H2/t10-/m0/s1. The Morgan fingerprint density at radius 2 is 2.15 bits per heavy atom. The van der Waals surface area contributed by atoms with Gasteiger partial charge >= 0.3 is 0 Å². The lowest BCUT2D eigenvalue weighted by Gasteiger charge is -2.27. The number of hydrogen-bond donors (Lipinski definition) is 1. The third-order valence-electron chi connectivity index (χ3n) is 2.71. The first-order chi connectivity index (χ1) is 6.45. The fraction of sp³-hybridized carbons (Fsp3) is 0.273. The molecular weight excluding hydrogens is 178 g/mol. The minimum atomic E-state index is 0.621. The van der Waals surface area contributed by atoms with E-state index in [1.54, 1.807) is 0 Å². The molecule has 0 amide bonds. The molecule has 3 rings (SSSR count). The average Bonchev–Trinajstić information content (AvgIpc) is 2.47. The predicted octanol–water partition coefficient (Wildman–Crippen LogP) is 2.94. The van der Waals surface area contributed by atoms with Crippen LogP contribution in [0.4, 0.5) is 0 Å². The summed E-state index contributed by atoms with van der Waals surface area (Å²) in [5, 5.41) is 7.17. The summed E-state index contributed by atoms with van der Waals surface area (Å²) in [7, 11) is 0. The Morgan fingerprint density at radius 3 is 2.92 bits per heavy atom. The summed E-state index contributed by atoms with van der Waals surface area (Å²) in [6.07, 6.45) is 1.29. The van der Waals surface area contributed by atoms with Crippen molar-refractivity contribution < 1.29 is 0 Å². The van der Waals surface area contributed by atoms with Gasteiger partial charge in [-0.25, -0.2) is 0 Å². The molecule has 66 valence electrons. The predicted molar refractivity (Wildman–Crippen MR) is 57.2 cm³/mol. The van der Waals surface area contributed by atoms with Crippen LogP contribution in [0.1, 0.15) is 18.0 Å². The Morgan fingerprint density at radius 1 is 1.31 bits per heavy atom. The lowest BCUT2D eigenvalue weighted by atomic mass is 9.98. The van der Waals surface area contributed by atoms with E-state index < -0.39 is 0 Å². The molecule has 1 aliphatic rings. The zero-order chi connectivity index (χ0) is 8.67. The van der Waals surface area contributed by atoms with Gasteiger partial charge in [0.2, 0.25) is 0 Å². The van der Waals surface area contributed by atoms with E-state index in [0.717, 1.165) is 0 Å². The van der Waals surface area contributed by atoms with Gasteiger partial charge in [-0.05, 0) is 35.4 Å². The SMILES string of the molecule is c1ccc2c([C@@H]3CCN3)csc2c1. The van der Waals surface area contributed by atoms with Crippen molar-refractivity contribution in [2.75, 3.05) is 6.54 Å². The highest BCUT2D eigenvalue weighted by Crippen LogP contribution is 2.33. The molecule has 2 heteroatoms. The molecule has 0 radical (unpaired) electrons. The maximum absolute atomic E-state index is 3.45. The van der Waals surface area contributed by atoms with Gasteiger partial charge in [0.1, 0.15) is 0 Å². The lowest BCUT2D eigenvalue weighted by Crippen LogP contribution is -2.34. The highest BCUT2D eigenvalue weighted by Gasteiger charge is 2.20. The Kier molecular flexibility index (Phi) is 1.64. The third kappa shape index (κ3) is 1.10. The van der Waals surface area contributed by atoms with Crippen LogP contribution in [-0.2, 0) is 0 Å². The topological polar surface area (TPSA) is 12.0 Å². The summed E-state index contributed by atoms with van der Waals surface area (Å²) in [6.45, 7) is 1.18. The summed E-state index contributed by atoms with van der Waals surface area (Å²) < 4.78 is 1.41. The van der Waals surface area contributed by atoms with Crippen molar-refractivity contribution in [3.63, 3.8) is 0 Å². The quantitative estimate of drug-likeness (QED) is 0.727. The van der Waals surface area contributed by atoms with E-state index in [2.05, 4.69) is 35.0 Å². The minimum Gasteiger partial charge on any atom is -0.310 e. The van der Waals surface area contributed by atoms with Gasteiger partial charge in [-0.1, -0.05) is 18.2 Å². The minimum absolute atomic E-state index is 0.621. The lowest BCUT2D eigenvalue weighted by molar-refractivity contribution is 0.386. The van der Waals surface area contributed by atoms with E-state index in [0.29, 0.717) is 6.04 Å². The molecule has 0 unspecified atom stereocenters. The zero-order valence-corrected chi connectivity index (χ0v) is 8.10. The van der Waals surface area contributed by atoms with E-state index in [1.807, 2.05) is 11.3 Å². The first kappa shape index (κ1) is 7.54. The summed E-state index contributed by atoms with van der Waals surface area (Å²) in [5.41, 5.74) is 1.49. The smallest absolute Gasteiger partial charge is 0.0346 e. The molecule has 1 nitrogen and oxygen atoms in total. The second kappa shape index (κ2) is 2.82. The summed E-state index contributed by atoms with van der Waals surface area (Å²) in [4.78, 5) is 0. The van der Waals surface area contributed by atoms with Crippen LogP contribution in [0.2, 0.25) is 0 Å². The third-order valence-corrected chi connectivity index (χ3v) is 3.69. The number of nitrogens with one attached hydrogen (secondary N) is 1. The van der Waals surface area contributed by atoms with Gasteiger partial charge in [0.25, 0.3) is 0 Å². The molecule has 1 aromatic heterocycles. The Bertz CT molecular complexity index is 428. The molecule has 1 saturated heterocycles. The average molecular weight is 189 g/mol. The molecule has 0 bridgehead atoms. The van der Waals surface area contributed by atoms with Crippen molar-refractivity contribution in [3.8, 4) is 0 Å². The molecular formula is C11H11NS. The monoisotopic (exact) mass is 189 g/mol. The summed E-state index contributed by atoms with van der Waals surface area (Å²) >= 11 is 1.85. The van der Waals surface area contributed by atoms with E-state index >= 15 is 0 Å². The normalized spacial score (nSPS) is 21.7. The van der Waals surface area contributed by atoms with E-state index in [-0.39, 0.29) is 0 Å². The Balaban J connectivity index is 2.17. The van der Waals surface area contributed by atoms with Crippen LogP contribution in [0.15, 0.2) is 29.6 Å². The Labute approximate surface area is 81.4 Å². The van der Waals surface area contributed by atoms with E-state index in [9.17, 15) is 0 Å². The molecule has 1 atom stereocenters. The number of thiophene rings is 1. The van der Waals surface area contributed by atoms with Gasteiger partial charge in [-0.2, -0.15) is 0 Å². The molecule has 0 aliphatic carbocycles. The number of benzene rings is 1. The first-order valence-electron chi connectivity index (χ1n) is 4.65. The zero-order valence-electron chi connectivity index (χ0n) is 7.29. The molecule has 0 spiro atoms. The van der Waals surface area contributed by atoms with Crippen molar-refractivity contribution >= 4 is 21.4 Å². The molecule has 2 heterocycles. The number of hydrogen-bond acceptors (Lipinski definition) is 2. The van der Waals surface area contributed by atoms with Gasteiger partial charge in [-0.3, -0.25) is 0 Å². The fourth-order valence-electron chi connectivity index (χ4n) is 1.82. The van der Waals surface area contributed by atoms with Gasteiger partial charge < -0.3 is 5.32 Å². The van der Waals surface area contributed by atoms with Crippen LogP contribution < -0.4 is 5.32 Å². The highest BCUT2D eigenvalue weighted by atomic mass is 32.1. The molecule has 2 aromatic rings. The van der Waals surface area contributed by atoms with Crippen LogP contribution in [-0.4, -0.2) is 6.54 Å². The van der Waals surface area contributed by atoms with Gasteiger partial charge in [-0.15, -0.1) is 11.3 Å². The van der Waals surface area contributed by atoms with Gasteiger partial charge in [0.15, 0.2) is 0 Å². The van der Waals surface area contributed by atoms with Crippen LogP contribution in [0, 0.1) is 0 Å².